The van der Waals surface area contributed by atoms with Crippen LogP contribution >= 0.6 is 0 Å². The van der Waals surface area contributed by atoms with Gasteiger partial charge in [0.25, 0.3) is 5.91 Å². The number of nitrogens with zero attached hydrogens (tertiary/aromatic N) is 2. The van der Waals surface area contributed by atoms with Gasteiger partial charge in [0.15, 0.2) is 12.4 Å². The molecule has 1 aromatic carbocycles. The number of methoxy groups -OCH3 is 1. The number of carbonyl (C=O) groups excluding carboxylic acids is 3. The zero-order chi connectivity index (χ0) is 21.6. The molecule has 0 radical (unpaired) electrons. The van der Waals surface area contributed by atoms with E-state index in [1.807, 2.05) is 32.0 Å². The largest absolute Gasteiger partial charge is 0.484 e. The van der Waals surface area contributed by atoms with Gasteiger partial charge in [-0.25, -0.2) is 4.79 Å². The van der Waals surface area contributed by atoms with Gasteiger partial charge in [-0.1, -0.05) is 18.2 Å². The zero-order valence-electron chi connectivity index (χ0n) is 17.7. The highest BCUT2D eigenvalue weighted by molar-refractivity contribution is 6.04. The summed E-state index contributed by atoms with van der Waals surface area (Å²) >= 11 is 0. The highest BCUT2D eigenvalue weighted by Crippen LogP contribution is 2.24. The summed E-state index contributed by atoms with van der Waals surface area (Å²) in [5.41, 5.74) is 2.10. The van der Waals surface area contributed by atoms with E-state index in [0.717, 1.165) is 0 Å². The molecule has 0 saturated heterocycles. The van der Waals surface area contributed by atoms with Gasteiger partial charge < -0.3 is 18.9 Å². The number of carbonyl (C=O) groups is 3. The fraction of sp³-hybridized carbons (Fsp3) is 0.409. The molecule has 0 N–H and O–H groups in total. The van der Waals surface area contributed by atoms with Crippen molar-refractivity contribution in [2.75, 3.05) is 26.8 Å². The summed E-state index contributed by atoms with van der Waals surface area (Å²) in [6.07, 6.45) is 0. The number of likely N-dealkylation sites (N-methyl/N-ethyl adjacent to an activating group) is 1. The van der Waals surface area contributed by atoms with Crippen LogP contribution in [0.15, 0.2) is 30.3 Å². The van der Waals surface area contributed by atoms with E-state index < -0.39 is 5.97 Å². The van der Waals surface area contributed by atoms with E-state index in [0.29, 0.717) is 41.4 Å². The lowest BCUT2D eigenvalue weighted by molar-refractivity contribution is -0.132. The monoisotopic (exact) mass is 400 g/mol. The summed E-state index contributed by atoms with van der Waals surface area (Å²) < 4.78 is 12.1. The van der Waals surface area contributed by atoms with Gasteiger partial charge in [0.1, 0.15) is 11.4 Å². The van der Waals surface area contributed by atoms with Crippen LogP contribution in [0.1, 0.15) is 46.0 Å². The number of esters is 1. The van der Waals surface area contributed by atoms with Crippen molar-refractivity contribution in [3.63, 3.8) is 0 Å². The predicted molar refractivity (Wildman–Crippen MR) is 109 cm³/mol. The molecule has 0 aliphatic heterocycles. The molecule has 1 amide bonds. The number of aromatic nitrogens is 1. The molecule has 156 valence electrons. The van der Waals surface area contributed by atoms with Crippen LogP contribution < -0.4 is 4.74 Å². The first kappa shape index (κ1) is 22.2. The minimum atomic E-state index is -0.480. The fourth-order valence-corrected chi connectivity index (χ4v) is 3.44. The van der Waals surface area contributed by atoms with Gasteiger partial charge in [-0.3, -0.25) is 9.59 Å². The van der Waals surface area contributed by atoms with Crippen LogP contribution in [-0.4, -0.2) is 53.9 Å². The molecule has 0 spiro atoms. The summed E-state index contributed by atoms with van der Waals surface area (Å²) in [7, 11) is 1.32. The van der Waals surface area contributed by atoms with Gasteiger partial charge >= 0.3 is 5.97 Å². The Bertz CT molecular complexity index is 886. The Morgan fingerprint density at radius 1 is 1.07 bits per heavy atom. The molecule has 0 unspecified atom stereocenters. The summed E-state index contributed by atoms with van der Waals surface area (Å²) in [5, 5.41) is 0. The van der Waals surface area contributed by atoms with Gasteiger partial charge in [0.2, 0.25) is 0 Å². The van der Waals surface area contributed by atoms with Gasteiger partial charge in [-0.2, -0.15) is 0 Å². The Balaban J connectivity index is 2.18. The Morgan fingerprint density at radius 2 is 1.72 bits per heavy atom. The number of para-hydroxylation sites is 1. The molecule has 29 heavy (non-hydrogen) atoms. The second-order valence-corrected chi connectivity index (χ2v) is 6.60. The van der Waals surface area contributed by atoms with Crippen LogP contribution in [-0.2, 0) is 16.1 Å². The van der Waals surface area contributed by atoms with Crippen LogP contribution in [0.5, 0.6) is 5.75 Å². The van der Waals surface area contributed by atoms with Crippen molar-refractivity contribution < 1.29 is 23.9 Å². The second-order valence-electron chi connectivity index (χ2n) is 6.60. The maximum atomic E-state index is 13.0. The van der Waals surface area contributed by atoms with Gasteiger partial charge in [-0.15, -0.1) is 0 Å². The zero-order valence-corrected chi connectivity index (χ0v) is 17.7. The van der Waals surface area contributed by atoms with Crippen molar-refractivity contribution in [2.24, 2.45) is 0 Å². The van der Waals surface area contributed by atoms with Crippen LogP contribution in [0, 0.1) is 13.8 Å². The van der Waals surface area contributed by atoms with E-state index in [9.17, 15) is 14.4 Å². The number of hydrogen-bond donors (Lipinski definition) is 0. The highest BCUT2D eigenvalue weighted by Gasteiger charge is 2.27. The van der Waals surface area contributed by atoms with Crippen molar-refractivity contribution in [1.82, 2.24) is 9.47 Å². The number of benzene rings is 1. The second kappa shape index (κ2) is 9.91. The Kier molecular flexibility index (Phi) is 7.59. The quantitative estimate of drug-likeness (QED) is 0.478. The fourth-order valence-electron chi connectivity index (χ4n) is 3.44. The molecule has 0 aliphatic rings. The van der Waals surface area contributed by atoms with Crippen molar-refractivity contribution >= 4 is 17.7 Å². The number of amides is 1. The molecule has 7 heteroatoms. The topological polar surface area (TPSA) is 77.8 Å². The van der Waals surface area contributed by atoms with E-state index in [-0.39, 0.29) is 24.8 Å². The van der Waals surface area contributed by atoms with E-state index in [1.54, 1.807) is 30.5 Å². The molecular formula is C22H28N2O5. The molecule has 1 aromatic heterocycles. The highest BCUT2D eigenvalue weighted by atomic mass is 16.5. The summed E-state index contributed by atoms with van der Waals surface area (Å²) in [5.74, 6) is -0.376. The van der Waals surface area contributed by atoms with Crippen LogP contribution in [0.3, 0.4) is 0 Å². The first-order chi connectivity index (χ1) is 13.8. The van der Waals surface area contributed by atoms with Crippen molar-refractivity contribution in [2.45, 2.75) is 34.2 Å². The third-order valence-corrected chi connectivity index (χ3v) is 4.92. The lowest BCUT2D eigenvalue weighted by atomic mass is 10.1. The first-order valence-corrected chi connectivity index (χ1v) is 9.62. The molecule has 0 aliphatic carbocycles. The van der Waals surface area contributed by atoms with Crippen LogP contribution in [0.2, 0.25) is 0 Å². The number of ketones is 1. The lowest BCUT2D eigenvalue weighted by Gasteiger charge is -2.20. The van der Waals surface area contributed by atoms with E-state index in [1.165, 1.54) is 12.0 Å². The van der Waals surface area contributed by atoms with Crippen molar-refractivity contribution in [3.05, 3.63) is 52.8 Å². The Labute approximate surface area is 171 Å². The number of rotatable bonds is 9. The van der Waals surface area contributed by atoms with Crippen molar-refractivity contribution in [3.8, 4) is 5.75 Å². The minimum Gasteiger partial charge on any atom is -0.484 e. The van der Waals surface area contributed by atoms with E-state index in [4.69, 9.17) is 9.47 Å². The van der Waals surface area contributed by atoms with Crippen LogP contribution in [0.25, 0.3) is 0 Å². The molecule has 0 saturated carbocycles. The standard InChI is InChI=1S/C22H28N2O5/c1-6-23(19(26)14-29-17-11-9-8-10-12-17)13-18(25)20-15(3)21(22(27)28-5)24(7-2)16(20)4/h8-12H,6-7,13-14H2,1-5H3. The van der Waals surface area contributed by atoms with Crippen molar-refractivity contribution in [1.29, 1.82) is 0 Å². The summed E-state index contributed by atoms with van der Waals surface area (Å²) in [6.45, 7) is 7.92. The minimum absolute atomic E-state index is 0.0799. The maximum Gasteiger partial charge on any atom is 0.354 e. The van der Waals surface area contributed by atoms with E-state index in [2.05, 4.69) is 0 Å². The average molecular weight is 400 g/mol. The first-order valence-electron chi connectivity index (χ1n) is 9.62. The number of hydrogen-bond acceptors (Lipinski definition) is 5. The molecule has 1 heterocycles. The van der Waals surface area contributed by atoms with Crippen LogP contribution in [0.4, 0.5) is 0 Å². The molecule has 2 rings (SSSR count). The smallest absolute Gasteiger partial charge is 0.354 e. The molecule has 0 bridgehead atoms. The molecule has 0 atom stereocenters. The molecule has 2 aromatic rings. The SMILES string of the molecule is CCN(CC(=O)c1c(C)c(C(=O)OC)n(CC)c1C)C(=O)COc1ccccc1. The Hall–Kier alpha value is -3.09. The summed E-state index contributed by atoms with van der Waals surface area (Å²) in [4.78, 5) is 39.2. The lowest BCUT2D eigenvalue weighted by Crippen LogP contribution is -2.38. The summed E-state index contributed by atoms with van der Waals surface area (Å²) in [6, 6.07) is 9.04. The predicted octanol–water partition coefficient (Wildman–Crippen LogP) is 3.02. The molecule has 0 fully saturated rings. The average Bonchev–Trinajstić information content (AvgIpc) is 2.99. The van der Waals surface area contributed by atoms with Gasteiger partial charge in [0, 0.05) is 24.3 Å². The maximum absolute atomic E-state index is 13.0. The van der Waals surface area contributed by atoms with Gasteiger partial charge in [-0.05, 0) is 45.4 Å². The van der Waals surface area contributed by atoms with E-state index >= 15 is 0 Å². The molecule has 7 nitrogen and oxygen atoms in total. The van der Waals surface area contributed by atoms with Gasteiger partial charge in [0.05, 0.1) is 13.7 Å². The third-order valence-electron chi connectivity index (χ3n) is 4.92. The molecular weight excluding hydrogens is 372 g/mol. The number of ether oxygens (including phenoxy) is 2. The number of Topliss-reactive ketones (excluding diaryl/α,β-unsaturated/α-hetero) is 1. The third kappa shape index (κ3) is 4.85. The Morgan fingerprint density at radius 3 is 2.28 bits per heavy atom. The normalized spacial score (nSPS) is 10.5.